The van der Waals surface area contributed by atoms with Crippen molar-refractivity contribution in [3.63, 3.8) is 0 Å². The minimum atomic E-state index is -0.803. The van der Waals surface area contributed by atoms with Crippen LogP contribution < -0.4 is 26.7 Å². The standard InChI is InChI=1S/C37H41N5O4/c1-2-3-4-5-6-7-8-12-23-44-46-45-37(43)42-36-33-20-18-30(40-33)25-28-16-15-27(38-28)24-29-17-19-31(39-29)35(26-13-10-9-11-14-26)32-21-22-34(36)41-32/h9-11,13-22,24-25,38-41H,2-8,12,23H2,1H3,(H,42,43). The van der Waals surface area contributed by atoms with Gasteiger partial charge in [-0.25, -0.2) is 9.68 Å². The Balaban J connectivity index is 1.26. The first kappa shape index (κ1) is 31.0. The van der Waals surface area contributed by atoms with Gasteiger partial charge in [0.1, 0.15) is 0 Å². The minimum absolute atomic E-state index is 0.353. The highest BCUT2D eigenvalue weighted by Gasteiger charge is 2.15. The second kappa shape index (κ2) is 15.3. The molecule has 0 unspecified atom stereocenters. The molecule has 6 rings (SSSR count). The molecule has 9 nitrogen and oxygen atoms in total. The van der Waals surface area contributed by atoms with E-state index in [-0.39, 0.29) is 0 Å². The number of hydrogen-bond acceptors (Lipinski definition) is 4. The summed E-state index contributed by atoms with van der Waals surface area (Å²) in [5, 5.41) is 11.1. The molecule has 0 spiro atoms. The first-order valence-electron chi connectivity index (χ1n) is 16.2. The lowest BCUT2D eigenvalue weighted by Crippen LogP contribution is -2.30. The summed E-state index contributed by atoms with van der Waals surface area (Å²) in [6.07, 6.45) is 12.7. The molecule has 0 saturated carbocycles. The third-order valence-electron chi connectivity index (χ3n) is 8.06. The summed E-state index contributed by atoms with van der Waals surface area (Å²) in [6.45, 7) is 2.58. The Bertz CT molecular complexity index is 1980. The summed E-state index contributed by atoms with van der Waals surface area (Å²) in [5.41, 5.74) is 6.00. The molecular weight excluding hydrogens is 578 g/mol. The molecule has 0 fully saturated rings. The summed E-state index contributed by atoms with van der Waals surface area (Å²) >= 11 is 0. The van der Waals surface area contributed by atoms with Gasteiger partial charge in [-0.2, -0.15) is 4.89 Å². The van der Waals surface area contributed by atoms with E-state index in [2.05, 4.69) is 62.5 Å². The maximum Gasteiger partial charge on any atom is 0.446 e. The van der Waals surface area contributed by atoms with Crippen molar-refractivity contribution >= 4 is 29.5 Å². The molecule has 5 N–H and O–H groups in total. The maximum atomic E-state index is 12.9. The molecule has 0 atom stereocenters. The van der Waals surface area contributed by atoms with Crippen LogP contribution in [0.2, 0.25) is 0 Å². The van der Waals surface area contributed by atoms with Crippen molar-refractivity contribution in [1.82, 2.24) is 25.3 Å². The number of carbonyl (C=O) groups excluding carboxylic acids is 1. The van der Waals surface area contributed by atoms with Crippen LogP contribution >= 0.6 is 0 Å². The third-order valence-corrected chi connectivity index (χ3v) is 8.06. The summed E-state index contributed by atoms with van der Waals surface area (Å²) < 4.78 is 0. The SMILES string of the molecule is CCCCCCCCCCOOOC(=O)NC1=c2ccc([nH]2)=C(c2ccccc2)c2ccc([nH]2)C=c2ccc([nH]2)=Cc2ccc1[nH]2. The van der Waals surface area contributed by atoms with E-state index in [1.165, 1.54) is 38.5 Å². The van der Waals surface area contributed by atoms with E-state index < -0.39 is 6.09 Å². The zero-order valence-electron chi connectivity index (χ0n) is 26.2. The Morgan fingerprint density at radius 2 is 1.30 bits per heavy atom. The number of carbonyl (C=O) groups is 1. The number of benzene rings is 1. The lowest BCUT2D eigenvalue weighted by atomic mass is 10.0. The number of amides is 1. The molecule has 1 aliphatic rings. The van der Waals surface area contributed by atoms with Crippen LogP contribution in [0.5, 0.6) is 0 Å². The molecule has 238 valence electrons. The maximum absolute atomic E-state index is 12.9. The second-order valence-electron chi connectivity index (χ2n) is 11.6. The second-order valence-corrected chi connectivity index (χ2v) is 11.6. The summed E-state index contributed by atoms with van der Waals surface area (Å²) in [7, 11) is 0. The quantitative estimate of drug-likeness (QED) is 0.0716. The Morgan fingerprint density at radius 3 is 2.04 bits per heavy atom. The van der Waals surface area contributed by atoms with Crippen molar-refractivity contribution in [1.29, 1.82) is 0 Å². The van der Waals surface area contributed by atoms with Gasteiger partial charge in [0.15, 0.2) is 0 Å². The van der Waals surface area contributed by atoms with Crippen molar-refractivity contribution in [2.24, 2.45) is 0 Å². The number of aromatic amines is 4. The van der Waals surface area contributed by atoms with Crippen LogP contribution in [0.15, 0.2) is 78.9 Å². The lowest BCUT2D eigenvalue weighted by Gasteiger charge is -2.08. The van der Waals surface area contributed by atoms with E-state index >= 15 is 0 Å². The molecule has 0 aliphatic carbocycles. The van der Waals surface area contributed by atoms with Gasteiger partial charge in [0.2, 0.25) is 0 Å². The van der Waals surface area contributed by atoms with Crippen molar-refractivity contribution in [3.05, 3.63) is 129 Å². The highest BCUT2D eigenvalue weighted by Crippen LogP contribution is 2.20. The Kier molecular flexibility index (Phi) is 10.3. The van der Waals surface area contributed by atoms with E-state index in [1.54, 1.807) is 0 Å². The first-order chi connectivity index (χ1) is 22.7. The fourth-order valence-electron chi connectivity index (χ4n) is 5.75. The van der Waals surface area contributed by atoms with Gasteiger partial charge in [0, 0.05) is 38.7 Å². The van der Waals surface area contributed by atoms with Crippen LogP contribution in [-0.2, 0) is 14.8 Å². The molecule has 5 aromatic rings. The average molecular weight is 620 g/mol. The zero-order valence-corrected chi connectivity index (χ0v) is 26.2. The van der Waals surface area contributed by atoms with Gasteiger partial charge in [-0.1, -0.05) is 82.2 Å². The Labute approximate surface area is 267 Å². The smallest absolute Gasteiger partial charge is 0.355 e. The van der Waals surface area contributed by atoms with Gasteiger partial charge in [0.25, 0.3) is 0 Å². The van der Waals surface area contributed by atoms with Crippen LogP contribution in [0.1, 0.15) is 86.6 Å². The molecule has 1 aromatic carbocycles. The number of fused-ring (bicyclic) bond motifs is 8. The Hall–Kier alpha value is -4.99. The molecule has 0 radical (unpaired) electrons. The highest BCUT2D eigenvalue weighted by molar-refractivity contribution is 5.81. The molecule has 1 aliphatic heterocycles. The summed E-state index contributed by atoms with van der Waals surface area (Å²) in [4.78, 5) is 36.9. The highest BCUT2D eigenvalue weighted by atomic mass is 17.5. The third kappa shape index (κ3) is 7.99. The zero-order chi connectivity index (χ0) is 31.6. The van der Waals surface area contributed by atoms with Crippen LogP contribution in [0.4, 0.5) is 4.79 Å². The fourth-order valence-corrected chi connectivity index (χ4v) is 5.75. The fraction of sp³-hybridized carbons (Fsp3) is 0.270. The van der Waals surface area contributed by atoms with Gasteiger partial charge in [0.05, 0.1) is 23.3 Å². The van der Waals surface area contributed by atoms with E-state index in [0.29, 0.717) is 23.3 Å². The topological polar surface area (TPSA) is 120 Å². The van der Waals surface area contributed by atoms with Crippen molar-refractivity contribution in [2.75, 3.05) is 6.61 Å². The van der Waals surface area contributed by atoms with E-state index in [0.717, 1.165) is 57.1 Å². The number of hydrogen-bond donors (Lipinski definition) is 5. The molecule has 5 heterocycles. The summed E-state index contributed by atoms with van der Waals surface area (Å²) in [5.74, 6) is 0. The first-order valence-corrected chi connectivity index (χ1v) is 16.2. The molecule has 1 amide bonds. The largest absolute Gasteiger partial charge is 0.446 e. The van der Waals surface area contributed by atoms with E-state index in [9.17, 15) is 4.79 Å². The number of nitrogens with one attached hydrogen (secondary N) is 5. The normalized spacial score (nSPS) is 12.5. The van der Waals surface area contributed by atoms with Crippen molar-refractivity contribution in [2.45, 2.75) is 58.3 Å². The number of H-pyrrole nitrogens is 4. The predicted octanol–water partition coefficient (Wildman–Crippen LogP) is 5.10. The van der Waals surface area contributed by atoms with Gasteiger partial charge in [-0.3, -0.25) is 5.32 Å². The van der Waals surface area contributed by atoms with Gasteiger partial charge < -0.3 is 19.9 Å². The molecular formula is C37H41N5O4. The molecule has 4 aromatic heterocycles. The van der Waals surface area contributed by atoms with Gasteiger partial charge in [-0.05, 0) is 77.7 Å². The van der Waals surface area contributed by atoms with Gasteiger partial charge >= 0.3 is 6.09 Å². The molecule has 8 bridgehead atoms. The molecule has 9 heteroatoms. The van der Waals surface area contributed by atoms with E-state index in [4.69, 9.17) is 14.8 Å². The van der Waals surface area contributed by atoms with Gasteiger partial charge in [-0.15, -0.1) is 0 Å². The van der Waals surface area contributed by atoms with E-state index in [1.807, 2.05) is 60.7 Å². The predicted molar refractivity (Wildman–Crippen MR) is 179 cm³/mol. The number of rotatable bonds is 13. The van der Waals surface area contributed by atoms with Crippen LogP contribution in [0, 0.1) is 0 Å². The van der Waals surface area contributed by atoms with Crippen LogP contribution in [0.3, 0.4) is 0 Å². The summed E-state index contributed by atoms with van der Waals surface area (Å²) in [6, 6.07) is 26.2. The Morgan fingerprint density at radius 1 is 0.652 bits per heavy atom. The van der Waals surface area contributed by atoms with Crippen molar-refractivity contribution in [3.8, 4) is 0 Å². The van der Waals surface area contributed by atoms with Crippen molar-refractivity contribution < 1.29 is 19.6 Å². The van der Waals surface area contributed by atoms with Crippen LogP contribution in [-0.4, -0.2) is 32.6 Å². The molecule has 0 saturated heterocycles. The molecule has 46 heavy (non-hydrogen) atoms. The lowest BCUT2D eigenvalue weighted by molar-refractivity contribution is -0.481. The number of aromatic nitrogens is 4. The average Bonchev–Trinajstić information content (AvgIpc) is 3.89. The van der Waals surface area contributed by atoms with Crippen LogP contribution in [0.25, 0.3) is 23.4 Å². The number of unbranched alkanes of at least 4 members (excludes halogenated alkanes) is 7. The monoisotopic (exact) mass is 619 g/mol. The minimum Gasteiger partial charge on any atom is -0.355 e.